The number of hydrogen-bond acceptors (Lipinski definition) is 15. The molecule has 0 radical (unpaired) electrons. The number of halogens is 1. The minimum absolute atomic E-state index is 0.0422. The van der Waals surface area contributed by atoms with Crippen LogP contribution in [-0.4, -0.2) is 137 Å². The Morgan fingerprint density at radius 2 is 1.71 bits per heavy atom. The van der Waals surface area contributed by atoms with Crippen molar-refractivity contribution in [3.05, 3.63) is 28.6 Å². The third-order valence-corrected chi connectivity index (χ3v) is 14.9. The number of nitrogens with one attached hydrogen (secondary N) is 3. The van der Waals surface area contributed by atoms with E-state index < -0.39 is 70.8 Å². The van der Waals surface area contributed by atoms with Gasteiger partial charge in [0.1, 0.15) is 64.3 Å². The Balaban J connectivity index is 1.10. The number of amides is 4. The number of carbonyl (C=O) groups is 5. The summed E-state index contributed by atoms with van der Waals surface area (Å²) in [6, 6.07) is 2.73. The van der Waals surface area contributed by atoms with Crippen molar-refractivity contribution < 1.29 is 52.4 Å². The van der Waals surface area contributed by atoms with E-state index in [0.29, 0.717) is 76.8 Å². The maximum absolute atomic E-state index is 15.0. The Labute approximate surface area is 418 Å². The monoisotopic (exact) mass is 1010 g/mol. The number of esters is 1. The Morgan fingerprint density at radius 1 is 0.971 bits per heavy atom. The van der Waals surface area contributed by atoms with E-state index in [-0.39, 0.29) is 49.3 Å². The van der Waals surface area contributed by atoms with Crippen LogP contribution in [0.3, 0.4) is 0 Å². The minimum Gasteiger partial charge on any atom is -0.490 e. The number of anilines is 1. The van der Waals surface area contributed by atoms with Crippen molar-refractivity contribution in [2.75, 3.05) is 45.3 Å². The summed E-state index contributed by atoms with van der Waals surface area (Å²) >= 11 is 8.63. The van der Waals surface area contributed by atoms with Crippen molar-refractivity contribution in [3.63, 3.8) is 0 Å². The predicted molar refractivity (Wildman–Crippen MR) is 263 cm³/mol. The first kappa shape index (κ1) is 51.2. The lowest BCUT2D eigenvalue weighted by atomic mass is 9.85. The van der Waals surface area contributed by atoms with Gasteiger partial charge in [-0.15, -0.1) is 11.3 Å². The Hall–Kier alpha value is -5.14. The van der Waals surface area contributed by atoms with E-state index >= 15 is 0 Å². The number of fused-ring (bicyclic) bond motifs is 2. The molecule has 3 aliphatic carbocycles. The average Bonchev–Trinajstić information content (AvgIpc) is 3.96. The van der Waals surface area contributed by atoms with E-state index in [9.17, 15) is 24.0 Å². The molecule has 1 aromatic carbocycles. The summed E-state index contributed by atoms with van der Waals surface area (Å²) in [6.07, 6.45) is 1.76. The molecule has 9 atom stereocenters. The summed E-state index contributed by atoms with van der Waals surface area (Å²) in [6.45, 7) is 17.9. The molecule has 382 valence electrons. The molecule has 70 heavy (non-hydrogen) atoms. The second-order valence-electron chi connectivity index (χ2n) is 21.8. The molecule has 5 aliphatic rings. The van der Waals surface area contributed by atoms with Gasteiger partial charge < -0.3 is 49.3 Å². The Morgan fingerprint density at radius 3 is 2.37 bits per heavy atom. The van der Waals surface area contributed by atoms with Crippen LogP contribution in [0.25, 0.3) is 22.3 Å². The molecule has 3 saturated carbocycles. The normalized spacial score (nSPS) is 26.5. The van der Waals surface area contributed by atoms with Crippen LogP contribution in [0.15, 0.2) is 23.6 Å². The first-order valence-electron chi connectivity index (χ1n) is 24.5. The summed E-state index contributed by atoms with van der Waals surface area (Å²) in [4.78, 5) is 82.2. The van der Waals surface area contributed by atoms with Gasteiger partial charge in [0.25, 0.3) is 0 Å². The summed E-state index contributed by atoms with van der Waals surface area (Å²) in [5.74, 6) is 0.137. The van der Waals surface area contributed by atoms with Gasteiger partial charge in [0.15, 0.2) is 5.13 Å². The lowest BCUT2D eigenvalue weighted by molar-refractivity contribution is -0.148. The van der Waals surface area contributed by atoms with Gasteiger partial charge in [-0.1, -0.05) is 45.7 Å². The molecular weight excluding hydrogens is 942 g/mol. The maximum Gasteiger partial charge on any atom is 0.410 e. The van der Waals surface area contributed by atoms with Crippen LogP contribution >= 0.6 is 22.9 Å². The zero-order valence-electron chi connectivity index (χ0n) is 41.8. The topological polar surface area (TPSA) is 209 Å². The number of benzene rings is 1. The molecule has 2 saturated heterocycles. The number of nitrogens with zero attached hydrogens (tertiary/aromatic N) is 4. The van der Waals surface area contributed by atoms with Crippen LogP contribution in [0.1, 0.15) is 101 Å². The first-order valence-corrected chi connectivity index (χ1v) is 25.7. The van der Waals surface area contributed by atoms with Gasteiger partial charge in [-0.2, -0.15) is 0 Å². The van der Waals surface area contributed by atoms with Crippen molar-refractivity contribution in [2.45, 2.75) is 148 Å². The quantitative estimate of drug-likeness (QED) is 0.0990. The number of likely N-dealkylation sites (tertiary alicyclic amines) is 1. The molecular formula is C50H68ClN7O11S. The first-order chi connectivity index (χ1) is 33.1. The number of thiazole rings is 1. The fourth-order valence-electron chi connectivity index (χ4n) is 9.98. The lowest BCUT2D eigenvalue weighted by Gasteiger charge is -2.36. The highest BCUT2D eigenvalue weighted by molar-refractivity contribution is 7.14. The van der Waals surface area contributed by atoms with Gasteiger partial charge in [0.2, 0.25) is 11.8 Å². The van der Waals surface area contributed by atoms with Crippen molar-refractivity contribution in [3.8, 4) is 22.9 Å². The lowest BCUT2D eigenvalue weighted by Crippen LogP contribution is -2.59. The van der Waals surface area contributed by atoms with Crippen LogP contribution in [0, 0.1) is 23.2 Å². The number of pyridine rings is 1. The van der Waals surface area contributed by atoms with E-state index in [1.54, 1.807) is 23.1 Å². The van der Waals surface area contributed by atoms with Crippen LogP contribution in [0.4, 0.5) is 14.7 Å². The number of aromatic nitrogens is 2. The molecule has 8 rings (SSSR count). The second-order valence-corrected chi connectivity index (χ2v) is 23.0. The van der Waals surface area contributed by atoms with Gasteiger partial charge in [-0.3, -0.25) is 14.5 Å². The summed E-state index contributed by atoms with van der Waals surface area (Å²) in [7, 11) is 1.29. The Kier molecular flexibility index (Phi) is 14.8. The number of alkyl carbamates (subject to hydrolysis) is 1. The van der Waals surface area contributed by atoms with Crippen LogP contribution in [-0.2, 0) is 33.3 Å². The van der Waals surface area contributed by atoms with Gasteiger partial charge >= 0.3 is 18.2 Å². The number of carbonyl (C=O) groups excluding carboxylic acids is 5. The standard InChI is InChI=1S/C50H68ClN7O11S/c1-11-29-21-50(29,44(61)64-10)56-42(59)36-19-32(22-58(36)43(60)41(48(4,5)6)55-46(62)68-31-17-27-16-28(27)18-31)67-38-20-34(35-25-70-45(54-35)52-26(2)3)53-40-33(38)12-13-37(39(40)51)66-24-30-23-65-15-14-57(30)47(63)69-49(7,8)9/h12-13,20,25-32,36,41H,11,14-19,21-24H2,1-10H3,(H,52,54)(H,55,62)(H,56,59)/t27-,28+,29-,30-,31+,32-,36+,41-,50-/m1/s1. The molecule has 3 N–H and O–H groups in total. The number of hydrogen-bond donors (Lipinski definition) is 3. The van der Waals surface area contributed by atoms with E-state index in [0.717, 1.165) is 19.3 Å². The predicted octanol–water partition coefficient (Wildman–Crippen LogP) is 7.59. The third kappa shape index (κ3) is 11.3. The fourth-order valence-corrected chi connectivity index (χ4v) is 11.1. The van der Waals surface area contributed by atoms with Crippen molar-refractivity contribution in [1.82, 2.24) is 30.4 Å². The van der Waals surface area contributed by atoms with Crippen molar-refractivity contribution in [2.24, 2.45) is 23.2 Å². The molecule has 4 heterocycles. The molecule has 3 aromatic rings. The summed E-state index contributed by atoms with van der Waals surface area (Å²) in [5, 5.41) is 12.5. The third-order valence-electron chi connectivity index (χ3n) is 13.8. The zero-order valence-corrected chi connectivity index (χ0v) is 43.4. The number of methoxy groups -OCH3 is 1. The Bertz CT molecular complexity index is 2470. The van der Waals surface area contributed by atoms with Gasteiger partial charge in [0.05, 0.1) is 44.1 Å². The average molecular weight is 1010 g/mol. The second kappa shape index (κ2) is 20.2. The molecule has 5 fully saturated rings. The molecule has 2 aliphatic heterocycles. The van der Waals surface area contributed by atoms with Gasteiger partial charge in [-0.05, 0) is 95.6 Å². The van der Waals surface area contributed by atoms with Crippen molar-refractivity contribution in [1.29, 1.82) is 0 Å². The molecule has 2 aromatic heterocycles. The van der Waals surface area contributed by atoms with Crippen LogP contribution in [0.2, 0.25) is 5.02 Å². The highest BCUT2D eigenvalue weighted by Gasteiger charge is 2.62. The molecule has 0 spiro atoms. The highest BCUT2D eigenvalue weighted by Crippen LogP contribution is 2.52. The molecule has 4 amide bonds. The SMILES string of the molecule is CC[C@@H]1C[C@]1(NC(=O)[C@@H]1C[C@@H](Oc2cc(-c3csc(NC(C)C)n3)nc3c(Cl)c(OC[C@H]4COCCN4C(=O)OC(C)(C)C)ccc23)CN1C(=O)[C@@H](NC(=O)O[C@@H]1C[C@@H]2C[C@@H]2C1)C(C)(C)C)C(=O)OC. The van der Waals surface area contributed by atoms with Gasteiger partial charge in [-0.25, -0.2) is 24.4 Å². The zero-order chi connectivity index (χ0) is 50.4. The van der Waals surface area contributed by atoms with E-state index in [2.05, 4.69) is 16.0 Å². The smallest absolute Gasteiger partial charge is 0.410 e. The number of rotatable bonds is 15. The molecule has 0 unspecified atom stereocenters. The molecule has 0 bridgehead atoms. The van der Waals surface area contributed by atoms with Crippen LogP contribution < -0.4 is 25.4 Å². The molecule has 18 nitrogen and oxygen atoms in total. The van der Waals surface area contributed by atoms with Crippen molar-refractivity contribution >= 4 is 68.9 Å². The summed E-state index contributed by atoms with van der Waals surface area (Å²) < 4.78 is 35.6. The fraction of sp³-hybridized carbons (Fsp3) is 0.660. The van der Waals surface area contributed by atoms with E-state index in [1.807, 2.05) is 67.7 Å². The summed E-state index contributed by atoms with van der Waals surface area (Å²) in [5.41, 5.74) is -1.36. The minimum atomic E-state index is -1.22. The van der Waals surface area contributed by atoms with E-state index in [4.69, 9.17) is 50.0 Å². The van der Waals surface area contributed by atoms with E-state index in [1.165, 1.54) is 23.3 Å². The van der Waals surface area contributed by atoms with Crippen LogP contribution in [0.5, 0.6) is 11.5 Å². The molecule has 20 heteroatoms. The number of ether oxygens (including phenoxy) is 6. The number of morpholine rings is 1. The largest absolute Gasteiger partial charge is 0.490 e. The van der Waals surface area contributed by atoms with Gasteiger partial charge in [0, 0.05) is 35.8 Å². The maximum atomic E-state index is 15.0. The highest BCUT2D eigenvalue weighted by atomic mass is 35.5.